The molecule has 0 radical (unpaired) electrons. The maximum Gasteiger partial charge on any atom is 0.327 e. The second-order valence-corrected chi connectivity index (χ2v) is 3.96. The molecule has 1 aromatic carbocycles. The first kappa shape index (κ1) is 11.5. The van der Waals surface area contributed by atoms with Gasteiger partial charge in [0.1, 0.15) is 6.04 Å². The Morgan fingerprint density at radius 3 is 2.79 bits per heavy atom. The van der Waals surface area contributed by atoms with Gasteiger partial charge in [0, 0.05) is 9.50 Å². The third kappa shape index (κ3) is 2.47. The molecule has 1 unspecified atom stereocenters. The molecular formula is C9H9BrClNO2. The molecule has 3 nitrogen and oxygen atoms in total. The van der Waals surface area contributed by atoms with E-state index in [0.29, 0.717) is 15.1 Å². The summed E-state index contributed by atoms with van der Waals surface area (Å²) in [6, 6.07) is 4.25. The summed E-state index contributed by atoms with van der Waals surface area (Å²) in [6.45, 7) is 0. The van der Waals surface area contributed by atoms with Crippen LogP contribution in [0.4, 0.5) is 0 Å². The normalized spacial score (nSPS) is 12.3. The average Bonchev–Trinajstić information content (AvgIpc) is 2.15. The number of nitrogens with two attached hydrogens (primary N) is 1. The van der Waals surface area contributed by atoms with Crippen molar-refractivity contribution in [1.29, 1.82) is 0 Å². The molecule has 2 N–H and O–H groups in total. The van der Waals surface area contributed by atoms with Gasteiger partial charge in [-0.2, -0.15) is 0 Å². The van der Waals surface area contributed by atoms with Crippen LogP contribution in [0.25, 0.3) is 0 Å². The van der Waals surface area contributed by atoms with Gasteiger partial charge < -0.3 is 10.5 Å². The SMILES string of the molecule is COC(=O)C(N)c1ccc(Cl)cc1Br. The largest absolute Gasteiger partial charge is 0.468 e. The first-order valence-electron chi connectivity index (χ1n) is 3.84. The third-order valence-electron chi connectivity index (χ3n) is 1.75. The number of esters is 1. The fourth-order valence-corrected chi connectivity index (χ4v) is 1.94. The van der Waals surface area contributed by atoms with Crippen LogP contribution < -0.4 is 5.73 Å². The Labute approximate surface area is 95.3 Å². The van der Waals surface area contributed by atoms with Gasteiger partial charge >= 0.3 is 5.97 Å². The van der Waals surface area contributed by atoms with Crippen molar-refractivity contribution < 1.29 is 9.53 Å². The quantitative estimate of drug-likeness (QED) is 0.844. The van der Waals surface area contributed by atoms with Gasteiger partial charge in [-0.05, 0) is 17.7 Å². The highest BCUT2D eigenvalue weighted by molar-refractivity contribution is 9.10. The summed E-state index contributed by atoms with van der Waals surface area (Å²) in [6.07, 6.45) is 0. The smallest absolute Gasteiger partial charge is 0.327 e. The molecule has 0 aliphatic carbocycles. The van der Waals surface area contributed by atoms with E-state index < -0.39 is 12.0 Å². The van der Waals surface area contributed by atoms with Crippen LogP contribution in [0.3, 0.4) is 0 Å². The molecule has 76 valence electrons. The summed E-state index contributed by atoms with van der Waals surface area (Å²) in [7, 11) is 1.30. The molecule has 0 amide bonds. The zero-order chi connectivity index (χ0) is 10.7. The number of benzene rings is 1. The van der Waals surface area contributed by atoms with E-state index in [9.17, 15) is 4.79 Å². The highest BCUT2D eigenvalue weighted by atomic mass is 79.9. The lowest BCUT2D eigenvalue weighted by molar-refractivity contribution is -0.142. The van der Waals surface area contributed by atoms with Crippen molar-refractivity contribution in [2.45, 2.75) is 6.04 Å². The number of carbonyl (C=O) groups excluding carboxylic acids is 1. The molecule has 0 aliphatic rings. The van der Waals surface area contributed by atoms with E-state index in [-0.39, 0.29) is 0 Å². The summed E-state index contributed by atoms with van der Waals surface area (Å²) < 4.78 is 5.23. The van der Waals surface area contributed by atoms with Crippen LogP contribution >= 0.6 is 27.5 Å². The molecule has 14 heavy (non-hydrogen) atoms. The van der Waals surface area contributed by atoms with E-state index in [4.69, 9.17) is 17.3 Å². The van der Waals surface area contributed by atoms with Gasteiger partial charge in [0.15, 0.2) is 0 Å². The molecular weight excluding hydrogens is 269 g/mol. The van der Waals surface area contributed by atoms with Crippen molar-refractivity contribution in [3.63, 3.8) is 0 Å². The van der Waals surface area contributed by atoms with Crippen LogP contribution in [0.1, 0.15) is 11.6 Å². The van der Waals surface area contributed by atoms with Crippen LogP contribution in [0, 0.1) is 0 Å². The fraction of sp³-hybridized carbons (Fsp3) is 0.222. The Morgan fingerprint density at radius 2 is 2.29 bits per heavy atom. The maximum absolute atomic E-state index is 11.1. The number of carbonyl (C=O) groups is 1. The minimum Gasteiger partial charge on any atom is -0.468 e. The molecule has 0 saturated carbocycles. The van der Waals surface area contributed by atoms with Crippen molar-refractivity contribution in [1.82, 2.24) is 0 Å². The maximum atomic E-state index is 11.1. The number of methoxy groups -OCH3 is 1. The lowest BCUT2D eigenvalue weighted by Gasteiger charge is -2.11. The zero-order valence-corrected chi connectivity index (χ0v) is 9.80. The predicted molar refractivity (Wildman–Crippen MR) is 58.1 cm³/mol. The molecule has 0 spiro atoms. The first-order valence-corrected chi connectivity index (χ1v) is 5.01. The Balaban J connectivity index is 3.01. The van der Waals surface area contributed by atoms with Crippen molar-refractivity contribution in [2.75, 3.05) is 7.11 Å². The Bertz CT molecular complexity index is 357. The highest BCUT2D eigenvalue weighted by Crippen LogP contribution is 2.26. The Hall–Kier alpha value is -0.580. The number of hydrogen-bond acceptors (Lipinski definition) is 3. The van der Waals surface area contributed by atoms with Crippen LogP contribution in [0.15, 0.2) is 22.7 Å². The lowest BCUT2D eigenvalue weighted by atomic mass is 10.1. The van der Waals surface area contributed by atoms with Gasteiger partial charge in [0.25, 0.3) is 0 Å². The third-order valence-corrected chi connectivity index (χ3v) is 2.67. The summed E-state index contributed by atoms with van der Waals surface area (Å²) >= 11 is 9.02. The van der Waals surface area contributed by atoms with Crippen LogP contribution in [0.2, 0.25) is 5.02 Å². The summed E-state index contributed by atoms with van der Waals surface area (Å²) in [5, 5.41) is 0.581. The van der Waals surface area contributed by atoms with Gasteiger partial charge in [-0.3, -0.25) is 4.79 Å². The van der Waals surface area contributed by atoms with Crippen molar-refractivity contribution in [2.24, 2.45) is 5.73 Å². The summed E-state index contributed by atoms with van der Waals surface area (Å²) in [5.74, 6) is -0.479. The summed E-state index contributed by atoms with van der Waals surface area (Å²) in [4.78, 5) is 11.1. The zero-order valence-electron chi connectivity index (χ0n) is 7.46. The average molecular weight is 279 g/mol. The van der Waals surface area contributed by atoms with Crippen molar-refractivity contribution in [3.8, 4) is 0 Å². The molecule has 5 heteroatoms. The number of ether oxygens (including phenoxy) is 1. The van der Waals surface area contributed by atoms with E-state index in [1.165, 1.54) is 7.11 Å². The lowest BCUT2D eigenvalue weighted by Crippen LogP contribution is -2.22. The first-order chi connectivity index (χ1) is 6.56. The molecule has 1 atom stereocenters. The van der Waals surface area contributed by atoms with Gasteiger partial charge in [-0.15, -0.1) is 0 Å². The second-order valence-electron chi connectivity index (χ2n) is 2.67. The molecule has 0 heterocycles. The van der Waals surface area contributed by atoms with Gasteiger partial charge in [-0.1, -0.05) is 33.6 Å². The minimum atomic E-state index is -0.786. The molecule has 0 aliphatic heterocycles. The van der Waals surface area contributed by atoms with Gasteiger partial charge in [-0.25, -0.2) is 0 Å². The van der Waals surface area contributed by atoms with E-state index in [2.05, 4.69) is 20.7 Å². The number of hydrogen-bond donors (Lipinski definition) is 1. The Morgan fingerprint density at radius 1 is 1.64 bits per heavy atom. The highest BCUT2D eigenvalue weighted by Gasteiger charge is 2.18. The molecule has 0 fully saturated rings. The molecule has 1 rings (SSSR count). The standard InChI is InChI=1S/C9H9BrClNO2/c1-14-9(13)8(12)6-3-2-5(11)4-7(6)10/h2-4,8H,12H2,1H3. The number of rotatable bonds is 2. The van der Waals surface area contributed by atoms with Gasteiger partial charge in [0.05, 0.1) is 7.11 Å². The molecule has 0 aromatic heterocycles. The van der Waals surface area contributed by atoms with E-state index in [0.717, 1.165) is 0 Å². The Kier molecular flexibility index (Phi) is 3.92. The number of halogens is 2. The van der Waals surface area contributed by atoms with Crippen LogP contribution in [-0.4, -0.2) is 13.1 Å². The van der Waals surface area contributed by atoms with E-state index >= 15 is 0 Å². The van der Waals surface area contributed by atoms with Crippen LogP contribution in [0.5, 0.6) is 0 Å². The van der Waals surface area contributed by atoms with Crippen molar-refractivity contribution >= 4 is 33.5 Å². The fourth-order valence-electron chi connectivity index (χ4n) is 1.01. The van der Waals surface area contributed by atoms with Crippen molar-refractivity contribution in [3.05, 3.63) is 33.3 Å². The van der Waals surface area contributed by atoms with Gasteiger partial charge in [0.2, 0.25) is 0 Å². The molecule has 0 bridgehead atoms. The monoisotopic (exact) mass is 277 g/mol. The summed E-state index contributed by atoms with van der Waals surface area (Å²) in [5.41, 5.74) is 6.31. The predicted octanol–water partition coefficient (Wildman–Crippen LogP) is 2.28. The molecule has 0 saturated heterocycles. The minimum absolute atomic E-state index is 0.479. The van der Waals surface area contributed by atoms with E-state index in [1.54, 1.807) is 18.2 Å². The second kappa shape index (κ2) is 4.77. The molecule has 1 aromatic rings. The topological polar surface area (TPSA) is 52.3 Å². The van der Waals surface area contributed by atoms with E-state index in [1.807, 2.05) is 0 Å². The van der Waals surface area contributed by atoms with Crippen LogP contribution in [-0.2, 0) is 9.53 Å².